The van der Waals surface area contributed by atoms with Crippen molar-refractivity contribution in [3.8, 4) is 0 Å². The van der Waals surface area contributed by atoms with E-state index in [0.29, 0.717) is 6.54 Å². The standard InChI is InChI=1S/C18H29NO2S/c1-17(2,14-22(3,20)21)15-7-9-16(10-8-15)18(13-19)11-5-4-6-12-18/h7-10H,4-6,11-14,19H2,1-3H3. The maximum atomic E-state index is 11.6. The monoisotopic (exact) mass is 323 g/mol. The molecular formula is C18H29NO2S. The fourth-order valence-corrected chi connectivity index (χ4v) is 5.33. The Morgan fingerprint density at radius 1 is 1.09 bits per heavy atom. The first-order valence-electron chi connectivity index (χ1n) is 8.17. The first kappa shape index (κ1) is 17.5. The molecule has 2 N–H and O–H groups in total. The average Bonchev–Trinajstić information content (AvgIpc) is 2.46. The highest BCUT2D eigenvalue weighted by molar-refractivity contribution is 7.90. The molecule has 1 aromatic rings. The quantitative estimate of drug-likeness (QED) is 0.905. The van der Waals surface area contributed by atoms with Gasteiger partial charge in [0.1, 0.15) is 9.84 Å². The lowest BCUT2D eigenvalue weighted by atomic mass is 9.69. The largest absolute Gasteiger partial charge is 0.330 e. The van der Waals surface area contributed by atoms with E-state index < -0.39 is 9.84 Å². The van der Waals surface area contributed by atoms with Crippen LogP contribution in [0.3, 0.4) is 0 Å². The van der Waals surface area contributed by atoms with Crippen LogP contribution >= 0.6 is 0 Å². The van der Waals surface area contributed by atoms with Crippen LogP contribution in [0.15, 0.2) is 24.3 Å². The van der Waals surface area contributed by atoms with E-state index in [1.165, 1.54) is 31.1 Å². The van der Waals surface area contributed by atoms with E-state index in [4.69, 9.17) is 5.73 Å². The summed E-state index contributed by atoms with van der Waals surface area (Å²) in [5.74, 6) is 0.168. The summed E-state index contributed by atoms with van der Waals surface area (Å²) in [6.45, 7) is 4.67. The summed E-state index contributed by atoms with van der Waals surface area (Å²) in [5.41, 5.74) is 8.24. The molecule has 0 saturated heterocycles. The van der Waals surface area contributed by atoms with Crippen LogP contribution in [-0.2, 0) is 20.7 Å². The summed E-state index contributed by atoms with van der Waals surface area (Å²) in [6, 6.07) is 8.51. The molecule has 0 aliphatic heterocycles. The van der Waals surface area contributed by atoms with Crippen molar-refractivity contribution in [1.82, 2.24) is 0 Å². The third-order valence-corrected chi connectivity index (χ3v) is 6.35. The van der Waals surface area contributed by atoms with Gasteiger partial charge in [-0.3, -0.25) is 0 Å². The lowest BCUT2D eigenvalue weighted by molar-refractivity contribution is 0.300. The van der Waals surface area contributed by atoms with Crippen LogP contribution < -0.4 is 5.73 Å². The van der Waals surface area contributed by atoms with Crippen LogP contribution in [-0.4, -0.2) is 27.0 Å². The van der Waals surface area contributed by atoms with Crippen molar-refractivity contribution in [1.29, 1.82) is 0 Å². The SMILES string of the molecule is CC(C)(CS(C)(=O)=O)c1ccc(C2(CN)CCCCC2)cc1. The maximum absolute atomic E-state index is 11.6. The molecule has 4 heteroatoms. The van der Waals surface area contributed by atoms with E-state index in [1.54, 1.807) is 0 Å². The van der Waals surface area contributed by atoms with Crippen molar-refractivity contribution in [2.24, 2.45) is 5.73 Å². The van der Waals surface area contributed by atoms with Crippen LogP contribution in [0.2, 0.25) is 0 Å². The molecule has 0 bridgehead atoms. The van der Waals surface area contributed by atoms with E-state index in [0.717, 1.165) is 18.4 Å². The summed E-state index contributed by atoms with van der Waals surface area (Å²) >= 11 is 0. The van der Waals surface area contributed by atoms with Crippen molar-refractivity contribution in [3.63, 3.8) is 0 Å². The van der Waals surface area contributed by atoms with Crippen LogP contribution in [0.1, 0.15) is 57.1 Å². The van der Waals surface area contributed by atoms with Gasteiger partial charge in [-0.25, -0.2) is 8.42 Å². The van der Waals surface area contributed by atoms with Gasteiger partial charge in [-0.05, 0) is 24.0 Å². The minimum atomic E-state index is -3.00. The summed E-state index contributed by atoms with van der Waals surface area (Å²) < 4.78 is 23.2. The minimum absolute atomic E-state index is 0.123. The summed E-state index contributed by atoms with van der Waals surface area (Å²) in [7, 11) is -3.00. The van der Waals surface area contributed by atoms with Crippen molar-refractivity contribution in [3.05, 3.63) is 35.4 Å². The number of rotatable bonds is 5. The fraction of sp³-hybridized carbons (Fsp3) is 0.667. The van der Waals surface area contributed by atoms with Crippen LogP contribution in [0.5, 0.6) is 0 Å². The topological polar surface area (TPSA) is 60.2 Å². The number of benzene rings is 1. The summed E-state index contributed by atoms with van der Waals surface area (Å²) in [6.07, 6.45) is 7.43. The molecule has 0 heterocycles. The van der Waals surface area contributed by atoms with Gasteiger partial charge in [0, 0.05) is 23.6 Å². The number of hydrogen-bond acceptors (Lipinski definition) is 3. The molecule has 3 nitrogen and oxygen atoms in total. The van der Waals surface area contributed by atoms with E-state index >= 15 is 0 Å². The summed E-state index contributed by atoms with van der Waals surface area (Å²) in [4.78, 5) is 0. The molecular weight excluding hydrogens is 294 g/mol. The minimum Gasteiger partial charge on any atom is -0.330 e. The smallest absolute Gasteiger partial charge is 0.148 e. The predicted octanol–water partition coefficient (Wildman–Crippen LogP) is 3.17. The highest BCUT2D eigenvalue weighted by Crippen LogP contribution is 2.39. The molecule has 0 unspecified atom stereocenters. The van der Waals surface area contributed by atoms with E-state index in [2.05, 4.69) is 24.3 Å². The van der Waals surface area contributed by atoms with Gasteiger partial charge in [0.2, 0.25) is 0 Å². The van der Waals surface area contributed by atoms with Gasteiger partial charge < -0.3 is 5.73 Å². The third kappa shape index (κ3) is 3.90. The molecule has 124 valence electrons. The van der Waals surface area contributed by atoms with Crippen molar-refractivity contribution in [2.75, 3.05) is 18.6 Å². The molecule has 1 saturated carbocycles. The molecule has 0 spiro atoms. The molecule has 0 radical (unpaired) electrons. The Morgan fingerprint density at radius 2 is 1.64 bits per heavy atom. The molecule has 0 aromatic heterocycles. The Bertz CT molecular complexity index is 596. The van der Waals surface area contributed by atoms with Crippen LogP contribution in [0.25, 0.3) is 0 Å². The Morgan fingerprint density at radius 3 is 2.09 bits per heavy atom. The predicted molar refractivity (Wildman–Crippen MR) is 93.0 cm³/mol. The Hall–Kier alpha value is -0.870. The van der Waals surface area contributed by atoms with E-state index in [1.807, 2.05) is 13.8 Å². The Balaban J connectivity index is 2.26. The van der Waals surface area contributed by atoms with Gasteiger partial charge in [0.05, 0.1) is 5.75 Å². The van der Waals surface area contributed by atoms with Gasteiger partial charge in [0.25, 0.3) is 0 Å². The van der Waals surface area contributed by atoms with Crippen LogP contribution in [0, 0.1) is 0 Å². The van der Waals surface area contributed by atoms with Crippen molar-refractivity contribution >= 4 is 9.84 Å². The lowest BCUT2D eigenvalue weighted by Gasteiger charge is -2.37. The zero-order valence-electron chi connectivity index (χ0n) is 14.1. The number of nitrogens with two attached hydrogens (primary N) is 1. The van der Waals surface area contributed by atoms with Gasteiger partial charge in [-0.2, -0.15) is 0 Å². The van der Waals surface area contributed by atoms with Crippen molar-refractivity contribution in [2.45, 2.75) is 56.8 Å². The maximum Gasteiger partial charge on any atom is 0.148 e. The van der Waals surface area contributed by atoms with Crippen molar-refractivity contribution < 1.29 is 8.42 Å². The number of hydrogen-bond donors (Lipinski definition) is 1. The fourth-order valence-electron chi connectivity index (χ4n) is 3.85. The molecule has 0 amide bonds. The molecule has 1 aliphatic carbocycles. The molecule has 22 heavy (non-hydrogen) atoms. The molecule has 1 aromatic carbocycles. The second-order valence-electron chi connectivity index (χ2n) is 7.58. The van der Waals surface area contributed by atoms with E-state index in [9.17, 15) is 8.42 Å². The van der Waals surface area contributed by atoms with Gasteiger partial charge in [-0.1, -0.05) is 57.4 Å². The summed E-state index contributed by atoms with van der Waals surface area (Å²) in [5, 5.41) is 0. The Labute approximate surface area is 135 Å². The highest BCUT2D eigenvalue weighted by Gasteiger charge is 2.33. The molecule has 0 atom stereocenters. The third-order valence-electron chi connectivity index (χ3n) is 5.10. The van der Waals surface area contributed by atoms with Crippen LogP contribution in [0.4, 0.5) is 0 Å². The van der Waals surface area contributed by atoms with Gasteiger partial charge >= 0.3 is 0 Å². The number of sulfone groups is 1. The molecule has 1 aliphatic rings. The average molecular weight is 324 g/mol. The Kier molecular flexibility index (Phi) is 5.03. The second-order valence-corrected chi connectivity index (χ2v) is 9.72. The first-order chi connectivity index (χ1) is 10.2. The lowest BCUT2D eigenvalue weighted by Crippen LogP contribution is -2.37. The van der Waals surface area contributed by atoms with Gasteiger partial charge in [0.15, 0.2) is 0 Å². The second kappa shape index (κ2) is 6.32. The molecule has 2 rings (SSSR count). The molecule has 1 fully saturated rings. The van der Waals surface area contributed by atoms with Gasteiger partial charge in [-0.15, -0.1) is 0 Å². The zero-order chi connectivity index (χ0) is 16.4. The highest BCUT2D eigenvalue weighted by atomic mass is 32.2. The first-order valence-corrected chi connectivity index (χ1v) is 10.2. The normalized spacial score (nSPS) is 19.1. The van der Waals surface area contributed by atoms with E-state index in [-0.39, 0.29) is 16.6 Å². The zero-order valence-corrected chi connectivity index (χ0v) is 14.9.